The van der Waals surface area contributed by atoms with Gasteiger partial charge in [0.1, 0.15) is 6.54 Å². The van der Waals surface area contributed by atoms with E-state index in [-0.39, 0.29) is 18.4 Å². The zero-order chi connectivity index (χ0) is 19.3. The van der Waals surface area contributed by atoms with Crippen LogP contribution in [0.2, 0.25) is 10.0 Å². The van der Waals surface area contributed by atoms with E-state index in [1.54, 1.807) is 12.1 Å². The van der Waals surface area contributed by atoms with Crippen molar-refractivity contribution in [1.82, 2.24) is 5.32 Å². The molecule has 0 unspecified atom stereocenters. The number of rotatable bonds is 6. The van der Waals surface area contributed by atoms with E-state index in [0.29, 0.717) is 23.0 Å². The molecule has 0 spiro atoms. The smallest absolute Gasteiger partial charge is 0.240 e. The minimum atomic E-state index is -0.216. The first-order valence-corrected chi connectivity index (χ1v) is 9.10. The fourth-order valence-electron chi connectivity index (χ4n) is 2.65. The van der Waals surface area contributed by atoms with Crippen molar-refractivity contribution in [3.8, 4) is 0 Å². The number of carbonyl (C=O) groups excluding carboxylic acids is 2. The van der Waals surface area contributed by atoms with E-state index in [0.717, 1.165) is 22.4 Å². The second-order valence-electron chi connectivity index (χ2n) is 6.16. The zero-order valence-electron chi connectivity index (χ0n) is 15.1. The molecule has 26 heavy (non-hydrogen) atoms. The number of halogens is 2. The summed E-state index contributed by atoms with van der Waals surface area (Å²) in [4.78, 5) is 25.8. The summed E-state index contributed by atoms with van der Waals surface area (Å²) in [5.74, 6) is -0.388. The third-order valence-electron chi connectivity index (χ3n) is 4.28. The lowest BCUT2D eigenvalue weighted by Gasteiger charge is -2.23. The Morgan fingerprint density at radius 3 is 2.50 bits per heavy atom. The highest BCUT2D eigenvalue weighted by atomic mass is 35.5. The van der Waals surface area contributed by atoms with Gasteiger partial charge >= 0.3 is 0 Å². The Hall–Kier alpha value is -2.04. The lowest BCUT2D eigenvalue weighted by molar-refractivity contribution is -0.123. The maximum absolute atomic E-state index is 12.3. The van der Waals surface area contributed by atoms with Crippen LogP contribution in [0.5, 0.6) is 0 Å². The van der Waals surface area contributed by atoms with Crippen molar-refractivity contribution >= 4 is 40.7 Å². The van der Waals surface area contributed by atoms with Crippen molar-refractivity contribution in [3.05, 3.63) is 63.1 Å². The second kappa shape index (κ2) is 9.06. The molecule has 0 aromatic heterocycles. The van der Waals surface area contributed by atoms with Crippen molar-refractivity contribution in [1.29, 1.82) is 0 Å². The Morgan fingerprint density at radius 2 is 1.85 bits per heavy atom. The number of amides is 2. The van der Waals surface area contributed by atoms with Gasteiger partial charge in [-0.25, -0.2) is 0 Å². The molecule has 0 heterocycles. The Balaban J connectivity index is 1.98. The first-order chi connectivity index (χ1) is 12.3. The van der Waals surface area contributed by atoms with Crippen LogP contribution < -0.4 is 10.2 Å². The molecule has 0 saturated heterocycles. The molecule has 2 aromatic rings. The largest absolute Gasteiger partial charge is 0.354 e. The lowest BCUT2D eigenvalue weighted by Crippen LogP contribution is -2.40. The van der Waals surface area contributed by atoms with Crippen molar-refractivity contribution < 1.29 is 9.59 Å². The van der Waals surface area contributed by atoms with E-state index in [1.807, 2.05) is 38.1 Å². The third kappa shape index (κ3) is 5.23. The Kier molecular flexibility index (Phi) is 7.06. The van der Waals surface area contributed by atoms with Crippen LogP contribution >= 0.6 is 23.2 Å². The van der Waals surface area contributed by atoms with Crippen LogP contribution in [0.1, 0.15) is 23.6 Å². The van der Waals surface area contributed by atoms with E-state index in [2.05, 4.69) is 5.32 Å². The van der Waals surface area contributed by atoms with Crippen LogP contribution in [0.15, 0.2) is 36.4 Å². The molecule has 0 atom stereocenters. The number of nitrogens with one attached hydrogen (secondary N) is 1. The van der Waals surface area contributed by atoms with E-state index in [9.17, 15) is 9.59 Å². The number of hydrogen-bond donors (Lipinski definition) is 1. The SMILES string of the molecule is CC(=O)N(CC(=O)NCCc1ccc(Cl)cc1Cl)c1cccc(C)c1C. The molecule has 0 bridgehead atoms. The molecular formula is C20H22Cl2N2O2. The minimum Gasteiger partial charge on any atom is -0.354 e. The second-order valence-corrected chi connectivity index (χ2v) is 7.00. The van der Waals surface area contributed by atoms with Crippen molar-refractivity contribution in [3.63, 3.8) is 0 Å². The van der Waals surface area contributed by atoms with Gasteiger partial charge in [-0.1, -0.05) is 41.4 Å². The first-order valence-electron chi connectivity index (χ1n) is 8.34. The number of benzene rings is 2. The summed E-state index contributed by atoms with van der Waals surface area (Å²) in [6.07, 6.45) is 0.589. The zero-order valence-corrected chi connectivity index (χ0v) is 16.6. The molecular weight excluding hydrogens is 371 g/mol. The fourth-order valence-corrected chi connectivity index (χ4v) is 3.16. The summed E-state index contributed by atoms with van der Waals surface area (Å²) < 4.78 is 0. The van der Waals surface area contributed by atoms with Crippen molar-refractivity contribution in [2.24, 2.45) is 0 Å². The predicted molar refractivity (Wildman–Crippen MR) is 107 cm³/mol. The molecule has 4 nitrogen and oxygen atoms in total. The van der Waals surface area contributed by atoms with Gasteiger partial charge in [0.2, 0.25) is 11.8 Å². The van der Waals surface area contributed by atoms with Gasteiger partial charge in [0, 0.05) is 29.2 Å². The van der Waals surface area contributed by atoms with E-state index in [4.69, 9.17) is 23.2 Å². The van der Waals surface area contributed by atoms with Crippen LogP contribution in [-0.2, 0) is 16.0 Å². The van der Waals surface area contributed by atoms with E-state index < -0.39 is 0 Å². The highest BCUT2D eigenvalue weighted by Gasteiger charge is 2.18. The predicted octanol–water partition coefficient (Wildman–Crippen LogP) is 4.32. The molecule has 0 aliphatic heterocycles. The third-order valence-corrected chi connectivity index (χ3v) is 4.87. The molecule has 0 aliphatic rings. The maximum atomic E-state index is 12.3. The number of carbonyl (C=O) groups is 2. The normalized spacial score (nSPS) is 10.5. The molecule has 0 saturated carbocycles. The van der Waals surface area contributed by atoms with Crippen LogP contribution in [-0.4, -0.2) is 24.9 Å². The average Bonchev–Trinajstić information content (AvgIpc) is 2.57. The summed E-state index contributed by atoms with van der Waals surface area (Å²) in [5.41, 5.74) is 3.73. The highest BCUT2D eigenvalue weighted by Crippen LogP contribution is 2.23. The molecule has 0 aliphatic carbocycles. The van der Waals surface area contributed by atoms with Gasteiger partial charge in [-0.05, 0) is 55.2 Å². The van der Waals surface area contributed by atoms with Gasteiger partial charge in [0.05, 0.1) is 0 Å². The number of anilines is 1. The quantitative estimate of drug-likeness (QED) is 0.795. The molecule has 0 fully saturated rings. The summed E-state index contributed by atoms with van der Waals surface area (Å²) in [5, 5.41) is 3.99. The summed E-state index contributed by atoms with van der Waals surface area (Å²) in [6.45, 7) is 5.80. The molecule has 2 amide bonds. The van der Waals surface area contributed by atoms with Crippen LogP contribution in [0.3, 0.4) is 0 Å². The fraction of sp³-hybridized carbons (Fsp3) is 0.300. The Morgan fingerprint density at radius 1 is 1.12 bits per heavy atom. The van der Waals surface area contributed by atoms with Gasteiger partial charge in [-0.3, -0.25) is 9.59 Å². The molecule has 2 rings (SSSR count). The van der Waals surface area contributed by atoms with Crippen LogP contribution in [0, 0.1) is 13.8 Å². The minimum absolute atomic E-state index is 0.0199. The number of nitrogens with zero attached hydrogens (tertiary/aromatic N) is 1. The topological polar surface area (TPSA) is 49.4 Å². The van der Waals surface area contributed by atoms with Crippen molar-refractivity contribution in [2.75, 3.05) is 18.0 Å². The van der Waals surface area contributed by atoms with Crippen LogP contribution in [0.25, 0.3) is 0 Å². The van der Waals surface area contributed by atoms with Gasteiger partial charge in [0.25, 0.3) is 0 Å². The summed E-state index contributed by atoms with van der Waals surface area (Å²) in [7, 11) is 0. The molecule has 0 radical (unpaired) electrons. The molecule has 1 N–H and O–H groups in total. The lowest BCUT2D eigenvalue weighted by atomic mass is 10.1. The Labute approximate surface area is 164 Å². The standard InChI is InChI=1S/C20H22Cl2N2O2/c1-13-5-4-6-19(14(13)2)24(15(3)25)12-20(26)23-10-9-16-7-8-17(21)11-18(16)22/h4-8,11H,9-10,12H2,1-3H3,(H,23,26). The van der Waals surface area contributed by atoms with Gasteiger partial charge < -0.3 is 10.2 Å². The maximum Gasteiger partial charge on any atom is 0.240 e. The highest BCUT2D eigenvalue weighted by molar-refractivity contribution is 6.35. The van der Waals surface area contributed by atoms with Crippen molar-refractivity contribution in [2.45, 2.75) is 27.2 Å². The first kappa shape index (κ1) is 20.3. The molecule has 2 aromatic carbocycles. The van der Waals surface area contributed by atoms with Gasteiger partial charge in [0.15, 0.2) is 0 Å². The summed E-state index contributed by atoms with van der Waals surface area (Å²) >= 11 is 12.0. The van der Waals surface area contributed by atoms with Gasteiger partial charge in [-0.15, -0.1) is 0 Å². The monoisotopic (exact) mass is 392 g/mol. The average molecular weight is 393 g/mol. The van der Waals surface area contributed by atoms with Crippen LogP contribution in [0.4, 0.5) is 5.69 Å². The Bertz CT molecular complexity index is 821. The van der Waals surface area contributed by atoms with E-state index in [1.165, 1.54) is 11.8 Å². The summed E-state index contributed by atoms with van der Waals surface area (Å²) in [6, 6.07) is 11.0. The number of aryl methyl sites for hydroxylation is 1. The molecule has 6 heteroatoms. The van der Waals surface area contributed by atoms with Gasteiger partial charge in [-0.2, -0.15) is 0 Å². The molecule has 138 valence electrons. The number of hydrogen-bond acceptors (Lipinski definition) is 2. The van der Waals surface area contributed by atoms with E-state index >= 15 is 0 Å².